The fourth-order valence-electron chi connectivity index (χ4n) is 1.89. The van der Waals surface area contributed by atoms with Crippen LogP contribution < -0.4 is 0 Å². The van der Waals surface area contributed by atoms with E-state index in [1.807, 2.05) is 38.2 Å². The molecule has 4 heteroatoms. The summed E-state index contributed by atoms with van der Waals surface area (Å²) in [7, 11) is 0. The van der Waals surface area contributed by atoms with E-state index in [4.69, 9.17) is 11.1 Å². The fourth-order valence-corrected chi connectivity index (χ4v) is 1.89. The maximum atomic E-state index is 8.78. The first-order chi connectivity index (χ1) is 8.65. The Labute approximate surface area is 105 Å². The standard InChI is InChI=1S/C14H12N4/c1-9-7-11(3-5-13(9)17-15)12-4-6-14(18-16)10(2)8-12/h3-8H,1-2H3. The molecule has 2 aliphatic rings. The van der Waals surface area contributed by atoms with Crippen molar-refractivity contribution in [2.75, 3.05) is 0 Å². The zero-order valence-electron chi connectivity index (χ0n) is 10.3. The second-order valence-electron chi connectivity index (χ2n) is 4.20. The van der Waals surface area contributed by atoms with Gasteiger partial charge in [-0.3, -0.25) is 0 Å². The third-order valence-electron chi connectivity index (χ3n) is 2.94. The lowest BCUT2D eigenvalue weighted by Gasteiger charge is -2.08. The monoisotopic (exact) mass is 236 g/mol. The first-order valence-corrected chi connectivity index (χ1v) is 5.57. The van der Waals surface area contributed by atoms with Crippen molar-refractivity contribution in [3.05, 3.63) is 69.8 Å². The second-order valence-corrected chi connectivity index (χ2v) is 4.20. The van der Waals surface area contributed by atoms with Crippen molar-refractivity contribution in [3.8, 4) is 0 Å². The molecule has 0 aliphatic heterocycles. The van der Waals surface area contributed by atoms with E-state index in [0.29, 0.717) is 11.4 Å². The number of hydrogen-bond acceptors (Lipinski definition) is 0. The van der Waals surface area contributed by atoms with Gasteiger partial charge in [0, 0.05) is 23.3 Å². The molecule has 0 fully saturated rings. The Morgan fingerprint density at radius 3 is 1.39 bits per heavy atom. The normalized spacial score (nSPS) is 22.3. The minimum absolute atomic E-state index is 0.567. The topological polar surface area (TPSA) is 72.8 Å². The van der Waals surface area contributed by atoms with E-state index in [0.717, 1.165) is 22.3 Å². The molecule has 18 heavy (non-hydrogen) atoms. The Bertz CT molecular complexity index is 598. The Balaban J connectivity index is 2.49. The molecule has 0 saturated carbocycles. The smallest absolute Gasteiger partial charge is 0.318 e. The Morgan fingerprint density at radius 2 is 1.11 bits per heavy atom. The Hall–Kier alpha value is -2.54. The first kappa shape index (κ1) is 11.9. The molecule has 0 atom stereocenters. The molecule has 88 valence electrons. The summed E-state index contributed by atoms with van der Waals surface area (Å²) in [5, 5.41) is 0. The molecule has 0 heterocycles. The molecule has 0 bridgehead atoms. The minimum atomic E-state index is 0.567. The average molecular weight is 236 g/mol. The van der Waals surface area contributed by atoms with Crippen molar-refractivity contribution in [2.24, 2.45) is 0 Å². The molecule has 0 amide bonds. The maximum absolute atomic E-state index is 8.78. The van der Waals surface area contributed by atoms with Crippen molar-refractivity contribution in [1.29, 1.82) is 0 Å². The van der Waals surface area contributed by atoms with E-state index in [1.165, 1.54) is 0 Å². The summed E-state index contributed by atoms with van der Waals surface area (Å²) >= 11 is 0. The van der Waals surface area contributed by atoms with Gasteiger partial charge in [0.15, 0.2) is 0 Å². The van der Waals surface area contributed by atoms with Crippen LogP contribution >= 0.6 is 0 Å². The van der Waals surface area contributed by atoms with Crippen molar-refractivity contribution >= 4 is 11.4 Å². The largest absolute Gasteiger partial charge is 0.361 e. The van der Waals surface area contributed by atoms with Gasteiger partial charge in [-0.15, -0.1) is 0 Å². The van der Waals surface area contributed by atoms with Crippen LogP contribution in [0.2, 0.25) is 0 Å². The summed E-state index contributed by atoms with van der Waals surface area (Å²) in [6.07, 6.45) is 11.2. The molecule has 0 unspecified atom stereocenters. The lowest BCUT2D eigenvalue weighted by molar-refractivity contribution is -0.00303. The molecule has 0 N–H and O–H groups in total. The average Bonchev–Trinajstić information content (AvgIpc) is 2.38. The van der Waals surface area contributed by atoms with Gasteiger partial charge in [0.05, 0.1) is 0 Å². The van der Waals surface area contributed by atoms with Gasteiger partial charge in [0.2, 0.25) is 0 Å². The van der Waals surface area contributed by atoms with Gasteiger partial charge in [-0.2, -0.15) is 9.58 Å². The van der Waals surface area contributed by atoms with E-state index >= 15 is 0 Å². The molecule has 0 radical (unpaired) electrons. The number of rotatable bonds is 0. The molecule has 0 spiro atoms. The maximum Gasteiger partial charge on any atom is 0.318 e. The number of hydrogen-bond donors (Lipinski definition) is 0. The van der Waals surface area contributed by atoms with E-state index < -0.39 is 0 Å². The molecule has 4 nitrogen and oxygen atoms in total. The second kappa shape index (κ2) is 4.76. The van der Waals surface area contributed by atoms with Crippen LogP contribution in [0.1, 0.15) is 13.8 Å². The summed E-state index contributed by atoms with van der Waals surface area (Å²) in [5.41, 5.74) is 22.6. The Morgan fingerprint density at radius 1 is 0.722 bits per heavy atom. The van der Waals surface area contributed by atoms with Gasteiger partial charge in [-0.05, 0) is 49.3 Å². The van der Waals surface area contributed by atoms with Crippen molar-refractivity contribution < 1.29 is 9.58 Å². The third-order valence-corrected chi connectivity index (χ3v) is 2.94. The first-order valence-electron chi connectivity index (χ1n) is 5.57. The van der Waals surface area contributed by atoms with Gasteiger partial charge in [0.1, 0.15) is 0 Å². The lowest BCUT2D eigenvalue weighted by Crippen LogP contribution is -2.05. The highest BCUT2D eigenvalue weighted by atomic mass is 14.9. The molecule has 0 saturated heterocycles. The van der Waals surface area contributed by atoms with Crippen molar-refractivity contribution in [1.82, 2.24) is 0 Å². The van der Waals surface area contributed by atoms with Crippen LogP contribution in [0.15, 0.2) is 58.7 Å². The third kappa shape index (κ3) is 2.11. The summed E-state index contributed by atoms with van der Waals surface area (Å²) in [5.74, 6) is 0. The minimum Gasteiger partial charge on any atom is -0.361 e. The van der Waals surface area contributed by atoms with Gasteiger partial charge in [-0.1, -0.05) is 0 Å². The van der Waals surface area contributed by atoms with Crippen molar-refractivity contribution in [2.45, 2.75) is 13.8 Å². The summed E-state index contributed by atoms with van der Waals surface area (Å²) in [6.45, 7) is 3.78. The van der Waals surface area contributed by atoms with Crippen LogP contribution in [0.5, 0.6) is 0 Å². The van der Waals surface area contributed by atoms with Crippen LogP contribution in [0, 0.1) is 0 Å². The van der Waals surface area contributed by atoms with Gasteiger partial charge in [0.25, 0.3) is 0 Å². The molecule has 0 aromatic carbocycles. The van der Waals surface area contributed by atoms with E-state index in [1.54, 1.807) is 12.2 Å². The molecule has 0 aromatic heterocycles. The van der Waals surface area contributed by atoms with Crippen LogP contribution in [0.4, 0.5) is 0 Å². The quantitative estimate of drug-likeness (QED) is 0.458. The summed E-state index contributed by atoms with van der Waals surface area (Å²) in [6, 6.07) is 0. The van der Waals surface area contributed by atoms with Gasteiger partial charge < -0.3 is 11.1 Å². The zero-order valence-corrected chi connectivity index (χ0v) is 10.3. The van der Waals surface area contributed by atoms with E-state index in [2.05, 4.69) is 9.58 Å². The fraction of sp³-hybridized carbons (Fsp3) is 0.143. The van der Waals surface area contributed by atoms with E-state index in [9.17, 15) is 0 Å². The van der Waals surface area contributed by atoms with Gasteiger partial charge >= 0.3 is 11.4 Å². The SMILES string of the molecule is CC1=CC(=C2C=CC(=[N+]=[N-])C(C)=C2)C=CC1=[N+]=[N-]. The zero-order chi connectivity index (χ0) is 13.1. The van der Waals surface area contributed by atoms with Crippen LogP contribution in [0.25, 0.3) is 11.1 Å². The highest BCUT2D eigenvalue weighted by molar-refractivity contribution is 6.07. The molecular formula is C14H12N4. The van der Waals surface area contributed by atoms with E-state index in [-0.39, 0.29) is 0 Å². The van der Waals surface area contributed by atoms with Crippen LogP contribution in [0.3, 0.4) is 0 Å². The summed E-state index contributed by atoms with van der Waals surface area (Å²) < 4.78 is 0. The van der Waals surface area contributed by atoms with Crippen molar-refractivity contribution in [3.63, 3.8) is 0 Å². The molecule has 2 aliphatic carbocycles. The molecule has 2 rings (SSSR count). The molecular weight excluding hydrogens is 224 g/mol. The predicted octanol–water partition coefficient (Wildman–Crippen LogP) is 2.66. The van der Waals surface area contributed by atoms with Crippen LogP contribution in [-0.4, -0.2) is 21.0 Å². The summed E-state index contributed by atoms with van der Waals surface area (Å²) in [4.78, 5) is 6.40. The molecule has 0 aromatic rings. The highest BCUT2D eigenvalue weighted by Gasteiger charge is 2.16. The highest BCUT2D eigenvalue weighted by Crippen LogP contribution is 2.22. The number of nitrogens with zero attached hydrogens (tertiary/aromatic N) is 4. The van der Waals surface area contributed by atoms with Gasteiger partial charge in [-0.25, -0.2) is 0 Å². The predicted molar refractivity (Wildman–Crippen MR) is 70.1 cm³/mol. The Kier molecular flexibility index (Phi) is 3.16. The lowest BCUT2D eigenvalue weighted by atomic mass is 9.93. The number of allylic oxidation sites excluding steroid dienone is 10. The van der Waals surface area contributed by atoms with Crippen LogP contribution in [-0.2, 0) is 0 Å².